The Morgan fingerprint density at radius 3 is 2.08 bits per heavy atom. The Labute approximate surface area is 623 Å². The quantitative estimate of drug-likeness (QED) is 0.0251. The predicted octanol–water partition coefficient (Wildman–Crippen LogP) is 8.06. The van der Waals surface area contributed by atoms with Crippen molar-refractivity contribution in [2.75, 3.05) is 74.0 Å². The molecule has 1 unspecified atom stereocenters. The zero-order valence-corrected chi connectivity index (χ0v) is 61.0. The molecule has 5 aliphatic heterocycles. The number of carbonyl (C=O) groups is 9. The Morgan fingerprint density at radius 2 is 1.38 bits per heavy atom. The van der Waals surface area contributed by atoms with Crippen molar-refractivity contribution in [2.45, 2.75) is 129 Å². The molecule has 1 saturated heterocycles. The Kier molecular flexibility index (Phi) is 21.7. The van der Waals surface area contributed by atoms with Crippen LogP contribution in [0.3, 0.4) is 0 Å². The van der Waals surface area contributed by atoms with E-state index >= 15 is 0 Å². The van der Waals surface area contributed by atoms with E-state index < -0.39 is 79.0 Å². The monoisotopic (exact) mass is 1470 g/mol. The minimum atomic E-state index is -1.51. The van der Waals surface area contributed by atoms with Gasteiger partial charge in [-0.15, -0.1) is 5.10 Å². The van der Waals surface area contributed by atoms with Crippen molar-refractivity contribution in [2.24, 2.45) is 11.3 Å². The molecule has 6 heterocycles. The summed E-state index contributed by atoms with van der Waals surface area (Å²) in [5, 5.41) is 47.4. The first-order valence-electron chi connectivity index (χ1n) is 36.2. The van der Waals surface area contributed by atoms with Gasteiger partial charge in [0.05, 0.1) is 93.0 Å². The van der Waals surface area contributed by atoms with Crippen LogP contribution in [-0.2, 0) is 46.7 Å². The number of amides is 9. The zero-order valence-electron chi connectivity index (χ0n) is 61.0. The summed E-state index contributed by atoms with van der Waals surface area (Å²) < 4.78 is 31.7. The van der Waals surface area contributed by atoms with Crippen LogP contribution >= 0.6 is 0 Å². The molecule has 0 radical (unpaired) electrons. The van der Waals surface area contributed by atoms with E-state index in [0.29, 0.717) is 77.7 Å². The van der Waals surface area contributed by atoms with E-state index in [0.717, 1.165) is 51.3 Å². The SMILES string of the molecule is COc1cc2c(cc1OCCCOc1cc3c(cc1OC)C(=O)N1CC4(CC4)C[C@H]1C(O)N3C(=O)OCc1ccc(NC(=O)[C@H](C)NC(=O)[C@@H](NC(=O)CNC(=O)CNC(=O)CCC(=O)N3Cc4ccccc4-c4nnn(C(C)C)c4-c4ccccc43)C(C)C)cc1)NC[C@@H]1CC(c3ccc(O)cc3)=CN1C2=O. The molecule has 6 aromatic carbocycles. The normalized spacial score (nSPS) is 17.6. The average molecular weight is 1470 g/mol. The van der Waals surface area contributed by atoms with Gasteiger partial charge in [0.25, 0.3) is 11.8 Å². The summed E-state index contributed by atoms with van der Waals surface area (Å²) in [7, 11) is 2.93. The van der Waals surface area contributed by atoms with Gasteiger partial charge in [-0.1, -0.05) is 85.8 Å². The van der Waals surface area contributed by atoms with E-state index in [-0.39, 0.29) is 103 Å². The number of hydrogen-bond donors (Lipinski definition) is 8. The molecular weight excluding hydrogens is 1390 g/mol. The van der Waals surface area contributed by atoms with Crippen LogP contribution in [0.4, 0.5) is 27.5 Å². The second-order valence-corrected chi connectivity index (χ2v) is 28.6. The van der Waals surface area contributed by atoms with Crippen LogP contribution in [0, 0.1) is 11.3 Å². The van der Waals surface area contributed by atoms with Gasteiger partial charge in [-0.25, -0.2) is 14.4 Å². The topological polar surface area (TPSA) is 356 Å². The minimum absolute atomic E-state index is 0.0299. The van der Waals surface area contributed by atoms with Crippen LogP contribution in [-0.4, -0.2) is 172 Å². The van der Waals surface area contributed by atoms with Crippen LogP contribution in [0.15, 0.2) is 128 Å². The van der Waals surface area contributed by atoms with Crippen LogP contribution in [0.25, 0.3) is 28.1 Å². The standard InChI is InChI=1S/C79H87N13O16/c1-44(2)70(85-68(96)39-82-67(95)38-81-66(94)25-26-69(97)89-40-49-13-8-9-14-54(49)71-72(92(45(3)4)87-86-71)55-15-10-11-16-59(55)89)74(99)83-46(5)73(98)84-51-21-17-47(18-22-51)42-108-78(103)91-60-35-65(63(105-7)33-57(60)76(101)90-43-79(27-28-79)36-61(90)77(91)102)107-30-12-29-106-64-34-58-56(32-62(64)104-6)75(100)88-41-50(31-52(88)37-80-58)48-19-23-53(93)24-20-48/h8-11,13-24,32-35,41,44-46,52,61,70,77,80,93,102H,12,25-31,36-40,42-43H2,1-7H3,(H,81,94)(H,82,95)(H,83,99)(H,84,98)(H,85,96)/t46-,52-,61-,70-,77?/m0/s1. The summed E-state index contributed by atoms with van der Waals surface area (Å²) in [6, 6.07) is 31.7. The number of phenols is 1. The number of methoxy groups -OCH3 is 2. The molecule has 2 fully saturated rings. The third-order valence-electron chi connectivity index (χ3n) is 20.4. The molecule has 6 aliphatic rings. The van der Waals surface area contributed by atoms with Gasteiger partial charge in [0.1, 0.15) is 30.1 Å². The highest BCUT2D eigenvalue weighted by Crippen LogP contribution is 2.57. The largest absolute Gasteiger partial charge is 0.508 e. The molecule has 8 N–H and O–H groups in total. The number of anilines is 4. The number of nitrogens with one attached hydrogen (secondary N) is 6. The number of aromatic hydroxyl groups is 1. The molecule has 29 heteroatoms. The third-order valence-corrected chi connectivity index (χ3v) is 20.4. The van der Waals surface area contributed by atoms with Crippen molar-refractivity contribution in [3.8, 4) is 51.3 Å². The molecule has 5 atom stereocenters. The molecule has 0 bridgehead atoms. The first-order valence-corrected chi connectivity index (χ1v) is 36.2. The molecule has 29 nitrogen and oxygen atoms in total. The highest BCUT2D eigenvalue weighted by Gasteiger charge is 2.58. The number of rotatable bonds is 25. The highest BCUT2D eigenvalue weighted by atomic mass is 16.6. The second kappa shape index (κ2) is 31.6. The van der Waals surface area contributed by atoms with Crippen molar-refractivity contribution in [1.82, 2.24) is 46.1 Å². The van der Waals surface area contributed by atoms with Gasteiger partial charge in [0, 0.05) is 73.5 Å². The van der Waals surface area contributed by atoms with Crippen molar-refractivity contribution >= 4 is 81.7 Å². The lowest BCUT2D eigenvalue weighted by molar-refractivity contribution is -0.132. The van der Waals surface area contributed by atoms with Crippen LogP contribution in [0.5, 0.6) is 28.7 Å². The molecule has 108 heavy (non-hydrogen) atoms. The lowest BCUT2D eigenvalue weighted by Gasteiger charge is -2.31. The number of hydrogen-bond acceptors (Lipinski definition) is 19. The van der Waals surface area contributed by atoms with Crippen molar-refractivity contribution in [3.63, 3.8) is 0 Å². The predicted molar refractivity (Wildman–Crippen MR) is 398 cm³/mol. The van der Waals surface area contributed by atoms with E-state index in [9.17, 15) is 53.4 Å². The maximum absolute atomic E-state index is 14.5. The van der Waals surface area contributed by atoms with Crippen molar-refractivity contribution in [3.05, 3.63) is 155 Å². The fourth-order valence-electron chi connectivity index (χ4n) is 14.4. The summed E-state index contributed by atoms with van der Waals surface area (Å²) in [5.74, 6) is -3.27. The summed E-state index contributed by atoms with van der Waals surface area (Å²) >= 11 is 0. The smallest absolute Gasteiger partial charge is 0.416 e. The van der Waals surface area contributed by atoms with Gasteiger partial charge in [-0.2, -0.15) is 0 Å². The van der Waals surface area contributed by atoms with Crippen LogP contribution in [0.2, 0.25) is 0 Å². The number of aliphatic hydroxyl groups is 1. The third kappa shape index (κ3) is 15.8. The number of benzene rings is 6. The summed E-state index contributed by atoms with van der Waals surface area (Å²) in [6.07, 6.45) is 2.21. The minimum Gasteiger partial charge on any atom is -0.508 e. The van der Waals surface area contributed by atoms with Gasteiger partial charge in [-0.05, 0) is 123 Å². The fraction of sp³-hybridized carbons (Fsp3) is 0.380. The van der Waals surface area contributed by atoms with Gasteiger partial charge >= 0.3 is 6.09 Å². The van der Waals surface area contributed by atoms with E-state index in [2.05, 4.69) is 42.2 Å². The number of aromatic nitrogens is 3. The van der Waals surface area contributed by atoms with E-state index in [1.807, 2.05) is 85.4 Å². The summed E-state index contributed by atoms with van der Waals surface area (Å²) in [6.45, 7) is 8.90. The molecule has 7 aromatic rings. The maximum Gasteiger partial charge on any atom is 0.416 e. The van der Waals surface area contributed by atoms with Crippen molar-refractivity contribution < 1.29 is 77.0 Å². The number of phenolic OH excluding ortho intramolecular Hbond substituents is 1. The van der Waals surface area contributed by atoms with Gasteiger partial charge < -0.3 is 80.5 Å². The molecule has 1 aromatic heterocycles. The summed E-state index contributed by atoms with van der Waals surface area (Å²) in [4.78, 5) is 129. The zero-order chi connectivity index (χ0) is 76.2. The van der Waals surface area contributed by atoms with Crippen LogP contribution in [0.1, 0.15) is 123 Å². The van der Waals surface area contributed by atoms with E-state index in [1.165, 1.54) is 33.3 Å². The number of nitrogens with zero attached hydrogens (tertiary/aromatic N) is 7. The molecular formula is C79H87N13O16. The maximum atomic E-state index is 14.5. The summed E-state index contributed by atoms with van der Waals surface area (Å²) in [5.41, 5.74) is 8.33. The molecule has 1 spiro atoms. The Hall–Kier alpha value is -12.0. The highest BCUT2D eigenvalue weighted by molar-refractivity contribution is 6.07. The van der Waals surface area contributed by atoms with Gasteiger partial charge in [0.2, 0.25) is 35.4 Å². The Balaban J connectivity index is 0.569. The molecule has 1 saturated carbocycles. The number of aliphatic hydroxyl groups excluding tert-OH is 1. The first kappa shape index (κ1) is 74.3. The fourth-order valence-corrected chi connectivity index (χ4v) is 14.4. The Morgan fingerprint density at radius 1 is 0.704 bits per heavy atom. The lowest BCUT2D eigenvalue weighted by Crippen LogP contribution is -2.55. The molecule has 1 aliphatic carbocycles. The van der Waals surface area contributed by atoms with Gasteiger partial charge in [0.15, 0.2) is 29.2 Å². The first-order chi connectivity index (χ1) is 52.0. The van der Waals surface area contributed by atoms with Crippen molar-refractivity contribution in [1.29, 1.82) is 0 Å². The van der Waals surface area contributed by atoms with Gasteiger partial charge in [-0.3, -0.25) is 38.4 Å². The Bertz CT molecular complexity index is 4690. The van der Waals surface area contributed by atoms with Crippen LogP contribution < -0.4 is 60.6 Å². The second-order valence-electron chi connectivity index (χ2n) is 28.6. The lowest BCUT2D eigenvalue weighted by atomic mass is 9.95. The average Bonchev–Trinajstić information content (AvgIpc) is 1.56. The number of ether oxygens (including phenoxy) is 5. The van der Waals surface area contributed by atoms with E-state index in [1.54, 1.807) is 77.1 Å². The molecule has 9 amide bonds. The van der Waals surface area contributed by atoms with E-state index in [4.69, 9.17) is 23.7 Å². The number of carbonyl (C=O) groups excluding carboxylic acids is 9. The number of para-hydroxylation sites is 1. The molecule has 13 rings (SSSR count). The molecule has 564 valence electrons. The number of fused-ring (bicyclic) bond motifs is 9.